The number of aromatic carboxylic acids is 1. The molecule has 0 bridgehead atoms. The van der Waals surface area contributed by atoms with Crippen LogP contribution < -0.4 is 0 Å². The number of hydrogen-bond acceptors (Lipinski definition) is 2. The maximum absolute atomic E-state index is 11.0. The van der Waals surface area contributed by atoms with Crippen molar-refractivity contribution in [1.29, 1.82) is 5.26 Å². The molecule has 5 heteroatoms. The van der Waals surface area contributed by atoms with Crippen molar-refractivity contribution in [3.8, 4) is 11.8 Å². The Balaban J connectivity index is 1.99. The number of nitrogens with zero attached hydrogens (tertiary/aromatic N) is 2. The van der Waals surface area contributed by atoms with Crippen LogP contribution in [-0.4, -0.2) is 15.6 Å². The summed E-state index contributed by atoms with van der Waals surface area (Å²) in [6, 6.07) is 19.6. The molecule has 3 aromatic rings. The van der Waals surface area contributed by atoms with Crippen molar-refractivity contribution in [3.63, 3.8) is 0 Å². The summed E-state index contributed by atoms with van der Waals surface area (Å²) in [5.41, 5.74) is 3.15. The number of carboxylic acids is 1. The fourth-order valence-electron chi connectivity index (χ4n) is 2.47. The number of allylic oxidation sites excluding steroid dienone is 1. The Hall–Kier alpha value is -3.29. The molecule has 0 aliphatic heterocycles. The van der Waals surface area contributed by atoms with Crippen LogP contribution in [0.3, 0.4) is 0 Å². The first-order chi connectivity index (χ1) is 12.1. The summed E-state index contributed by atoms with van der Waals surface area (Å²) in [5, 5.41) is 19.1. The van der Waals surface area contributed by atoms with Gasteiger partial charge >= 0.3 is 5.97 Å². The summed E-state index contributed by atoms with van der Waals surface area (Å²) in [7, 11) is 0. The van der Waals surface area contributed by atoms with Crippen LogP contribution in [0.15, 0.2) is 66.9 Å². The van der Waals surface area contributed by atoms with Gasteiger partial charge in [-0.1, -0.05) is 23.7 Å². The molecule has 3 rings (SSSR count). The van der Waals surface area contributed by atoms with Gasteiger partial charge in [-0.3, -0.25) is 0 Å². The number of benzene rings is 2. The largest absolute Gasteiger partial charge is 0.478 e. The van der Waals surface area contributed by atoms with E-state index in [1.807, 2.05) is 22.9 Å². The first-order valence-corrected chi connectivity index (χ1v) is 7.85. The Morgan fingerprint density at radius 3 is 2.28 bits per heavy atom. The van der Waals surface area contributed by atoms with Crippen LogP contribution >= 0.6 is 11.6 Å². The normalized spacial score (nSPS) is 11.1. The highest BCUT2D eigenvalue weighted by Gasteiger charge is 2.07. The maximum Gasteiger partial charge on any atom is 0.335 e. The predicted molar refractivity (Wildman–Crippen MR) is 97.7 cm³/mol. The average Bonchev–Trinajstić information content (AvgIpc) is 3.09. The fraction of sp³-hybridized carbons (Fsp3) is 0. The van der Waals surface area contributed by atoms with Gasteiger partial charge in [0.2, 0.25) is 0 Å². The third kappa shape index (κ3) is 3.63. The standard InChI is InChI=1S/C20H13ClN2O2/c21-17-7-3-14(4-8-17)16(13-22)12-19-2-1-11-23(19)18-9-5-15(6-10-18)20(24)25/h1-12H,(H,24,25)/b16-12-. The SMILES string of the molecule is N#C/C(=C/c1cccn1-c1ccc(C(=O)O)cc1)c1ccc(Cl)cc1. The van der Waals surface area contributed by atoms with E-state index in [1.54, 1.807) is 54.6 Å². The molecule has 0 saturated heterocycles. The van der Waals surface area contributed by atoms with E-state index in [4.69, 9.17) is 16.7 Å². The second kappa shape index (κ2) is 7.08. The molecular weight excluding hydrogens is 336 g/mol. The van der Waals surface area contributed by atoms with Crippen molar-refractivity contribution in [3.05, 3.63) is 88.7 Å². The van der Waals surface area contributed by atoms with Gasteiger partial charge in [0.25, 0.3) is 0 Å². The van der Waals surface area contributed by atoms with Gasteiger partial charge < -0.3 is 9.67 Å². The zero-order chi connectivity index (χ0) is 17.8. The van der Waals surface area contributed by atoms with E-state index in [9.17, 15) is 10.1 Å². The van der Waals surface area contributed by atoms with Gasteiger partial charge in [-0.25, -0.2) is 4.79 Å². The summed E-state index contributed by atoms with van der Waals surface area (Å²) in [6.07, 6.45) is 3.65. The first-order valence-electron chi connectivity index (χ1n) is 7.47. The smallest absolute Gasteiger partial charge is 0.335 e. The maximum atomic E-state index is 11.0. The van der Waals surface area contributed by atoms with E-state index < -0.39 is 5.97 Å². The lowest BCUT2D eigenvalue weighted by Gasteiger charge is -2.08. The van der Waals surface area contributed by atoms with Gasteiger partial charge in [0.1, 0.15) is 0 Å². The van der Waals surface area contributed by atoms with Crippen LogP contribution in [0.5, 0.6) is 0 Å². The second-order valence-corrected chi connectivity index (χ2v) is 5.77. The Kier molecular flexibility index (Phi) is 4.69. The quantitative estimate of drug-likeness (QED) is 0.682. The fourth-order valence-corrected chi connectivity index (χ4v) is 2.59. The average molecular weight is 349 g/mol. The summed E-state index contributed by atoms with van der Waals surface area (Å²) in [5.74, 6) is -0.964. The third-order valence-electron chi connectivity index (χ3n) is 3.74. The summed E-state index contributed by atoms with van der Waals surface area (Å²) in [6.45, 7) is 0. The van der Waals surface area contributed by atoms with Crippen molar-refractivity contribution in [2.75, 3.05) is 0 Å². The van der Waals surface area contributed by atoms with Crippen molar-refractivity contribution in [1.82, 2.24) is 4.57 Å². The molecule has 1 heterocycles. The van der Waals surface area contributed by atoms with Crippen LogP contribution in [-0.2, 0) is 0 Å². The first kappa shape index (κ1) is 16.6. The van der Waals surface area contributed by atoms with Gasteiger partial charge in [-0.05, 0) is 60.2 Å². The van der Waals surface area contributed by atoms with Crippen molar-refractivity contribution >= 4 is 29.2 Å². The molecule has 2 aromatic carbocycles. The molecule has 1 aromatic heterocycles. The molecule has 4 nitrogen and oxygen atoms in total. The molecule has 0 atom stereocenters. The minimum Gasteiger partial charge on any atom is -0.478 e. The summed E-state index contributed by atoms with van der Waals surface area (Å²) >= 11 is 5.89. The number of nitriles is 1. The van der Waals surface area contributed by atoms with Crippen molar-refractivity contribution in [2.24, 2.45) is 0 Å². The van der Waals surface area contributed by atoms with E-state index in [0.29, 0.717) is 10.6 Å². The Bertz CT molecular complexity index is 978. The molecule has 0 amide bonds. The van der Waals surface area contributed by atoms with Gasteiger partial charge in [0.05, 0.1) is 17.2 Å². The Morgan fingerprint density at radius 2 is 1.68 bits per heavy atom. The van der Waals surface area contributed by atoms with E-state index in [-0.39, 0.29) is 5.56 Å². The lowest BCUT2D eigenvalue weighted by atomic mass is 10.1. The topological polar surface area (TPSA) is 66.0 Å². The Labute approximate surface area is 149 Å². The molecule has 1 N–H and O–H groups in total. The van der Waals surface area contributed by atoms with E-state index in [1.165, 1.54) is 0 Å². The molecule has 0 spiro atoms. The highest BCUT2D eigenvalue weighted by Crippen LogP contribution is 2.22. The minimum atomic E-state index is -0.964. The molecule has 122 valence electrons. The lowest BCUT2D eigenvalue weighted by Crippen LogP contribution is -1.99. The molecule has 0 aliphatic carbocycles. The molecule has 0 aliphatic rings. The number of aromatic nitrogens is 1. The lowest BCUT2D eigenvalue weighted by molar-refractivity contribution is 0.0697. The summed E-state index contributed by atoms with van der Waals surface area (Å²) < 4.78 is 1.89. The predicted octanol–water partition coefficient (Wildman–Crippen LogP) is 4.89. The molecule has 0 saturated carbocycles. The molecule has 0 unspecified atom stereocenters. The van der Waals surface area contributed by atoms with Crippen LogP contribution in [0.2, 0.25) is 5.02 Å². The molecule has 0 radical (unpaired) electrons. The minimum absolute atomic E-state index is 0.229. The van der Waals surface area contributed by atoms with Crippen LogP contribution in [0, 0.1) is 11.3 Å². The van der Waals surface area contributed by atoms with Crippen molar-refractivity contribution < 1.29 is 9.90 Å². The van der Waals surface area contributed by atoms with E-state index >= 15 is 0 Å². The third-order valence-corrected chi connectivity index (χ3v) is 3.99. The van der Waals surface area contributed by atoms with E-state index in [0.717, 1.165) is 16.9 Å². The van der Waals surface area contributed by atoms with Crippen LogP contribution in [0.25, 0.3) is 17.3 Å². The molecule has 0 fully saturated rings. The van der Waals surface area contributed by atoms with Crippen molar-refractivity contribution in [2.45, 2.75) is 0 Å². The monoisotopic (exact) mass is 348 g/mol. The van der Waals surface area contributed by atoms with Gasteiger partial charge in [-0.15, -0.1) is 0 Å². The highest BCUT2D eigenvalue weighted by atomic mass is 35.5. The van der Waals surface area contributed by atoms with Gasteiger partial charge in [0, 0.05) is 22.6 Å². The molecular formula is C20H13ClN2O2. The van der Waals surface area contributed by atoms with E-state index in [2.05, 4.69) is 6.07 Å². The number of hydrogen-bond donors (Lipinski definition) is 1. The zero-order valence-electron chi connectivity index (χ0n) is 13.1. The molecule has 25 heavy (non-hydrogen) atoms. The highest BCUT2D eigenvalue weighted by molar-refractivity contribution is 6.30. The summed E-state index contributed by atoms with van der Waals surface area (Å²) in [4.78, 5) is 11.0. The van der Waals surface area contributed by atoms with Crippen LogP contribution in [0.1, 0.15) is 21.6 Å². The Morgan fingerprint density at radius 1 is 1.04 bits per heavy atom. The second-order valence-electron chi connectivity index (χ2n) is 5.33. The number of carbonyl (C=O) groups is 1. The van der Waals surface area contributed by atoms with Gasteiger partial charge in [-0.2, -0.15) is 5.26 Å². The number of halogens is 1. The van der Waals surface area contributed by atoms with Crippen LogP contribution in [0.4, 0.5) is 0 Å². The zero-order valence-corrected chi connectivity index (χ0v) is 13.8. The van der Waals surface area contributed by atoms with Gasteiger partial charge in [0.15, 0.2) is 0 Å². The number of carboxylic acid groups (broad SMARTS) is 1. The number of rotatable bonds is 4.